The second-order valence-electron chi connectivity index (χ2n) is 8.52. The van der Waals surface area contributed by atoms with E-state index in [-0.39, 0.29) is 16.8 Å². The monoisotopic (exact) mass is 464 g/mol. The minimum absolute atomic E-state index is 0.0311. The molecule has 8 nitrogen and oxygen atoms in total. The van der Waals surface area contributed by atoms with Gasteiger partial charge in [0.15, 0.2) is 0 Å². The first kappa shape index (κ1) is 24.9. The van der Waals surface area contributed by atoms with Gasteiger partial charge in [0.05, 0.1) is 23.9 Å². The number of halogens is 3. The Labute approximate surface area is 180 Å². The van der Waals surface area contributed by atoms with Crippen LogP contribution in [-0.2, 0) is 13.1 Å². The summed E-state index contributed by atoms with van der Waals surface area (Å²) in [6.45, 7) is 9.38. The van der Waals surface area contributed by atoms with Gasteiger partial charge in [-0.05, 0) is 47.1 Å². The van der Waals surface area contributed by atoms with E-state index in [1.807, 2.05) is 0 Å². The first-order chi connectivity index (χ1) is 14.1. The molecule has 1 amide bonds. The Bertz CT molecular complexity index is 1090. The number of carboxylic acid groups (broad SMARTS) is 1. The Kier molecular flexibility index (Phi) is 6.96. The maximum atomic E-state index is 13.0. The number of aromatic nitrogens is 2. The second-order valence-corrected chi connectivity index (χ2v) is 9.61. The molecule has 0 aromatic carbocycles. The van der Waals surface area contributed by atoms with Gasteiger partial charge in [-0.25, -0.2) is 20.0 Å². The lowest BCUT2D eigenvalue weighted by molar-refractivity contribution is -0.136. The van der Waals surface area contributed by atoms with Crippen LogP contribution in [0.3, 0.4) is 0 Å². The van der Waals surface area contributed by atoms with Crippen molar-refractivity contribution in [3.05, 3.63) is 31.3 Å². The van der Waals surface area contributed by atoms with Crippen LogP contribution in [0.25, 0.3) is 10.2 Å². The number of rotatable bonds is 6. The van der Waals surface area contributed by atoms with Crippen LogP contribution < -0.4 is 16.7 Å². The topological polar surface area (TPSA) is 96.6 Å². The highest BCUT2D eigenvalue weighted by Gasteiger charge is 2.30. The zero-order valence-electron chi connectivity index (χ0n) is 18.3. The fraction of sp³-hybridized carbons (Fsp3) is 0.632. The van der Waals surface area contributed by atoms with Crippen molar-refractivity contribution in [1.82, 2.24) is 19.6 Å². The van der Waals surface area contributed by atoms with E-state index >= 15 is 0 Å². The summed E-state index contributed by atoms with van der Waals surface area (Å²) in [5.41, 5.74) is 1.19. The number of thiophene rings is 1. The van der Waals surface area contributed by atoms with Crippen LogP contribution in [0.4, 0.5) is 18.0 Å². The Morgan fingerprint density at radius 3 is 2.26 bits per heavy atom. The summed E-state index contributed by atoms with van der Waals surface area (Å²) in [4.78, 5) is 38.1. The lowest BCUT2D eigenvalue weighted by Crippen LogP contribution is -2.52. The molecule has 0 radical (unpaired) electrons. The summed E-state index contributed by atoms with van der Waals surface area (Å²) >= 11 is 1.01. The zero-order valence-corrected chi connectivity index (χ0v) is 19.1. The third kappa shape index (κ3) is 5.29. The molecule has 0 atom stereocenters. The van der Waals surface area contributed by atoms with E-state index in [1.165, 1.54) is 0 Å². The highest BCUT2D eigenvalue weighted by Crippen LogP contribution is 2.29. The summed E-state index contributed by atoms with van der Waals surface area (Å²) in [6, 6.07) is -0.536. The van der Waals surface area contributed by atoms with Crippen molar-refractivity contribution in [2.75, 3.05) is 0 Å². The second kappa shape index (κ2) is 8.65. The summed E-state index contributed by atoms with van der Waals surface area (Å²) < 4.78 is 40.5. The SMILES string of the molecule is Cc1c(CNN(C(=O)O)C(C)(C)C)sc2c1c(=O)n(C(C)C)c(=O)n2CCC(F)(F)F. The van der Waals surface area contributed by atoms with Crippen LogP contribution in [-0.4, -0.2) is 37.1 Å². The van der Waals surface area contributed by atoms with E-state index in [9.17, 15) is 32.7 Å². The molecule has 2 N–H and O–H groups in total. The van der Waals surface area contributed by atoms with Gasteiger partial charge in [-0.15, -0.1) is 11.3 Å². The van der Waals surface area contributed by atoms with Gasteiger partial charge in [-0.3, -0.25) is 13.9 Å². The van der Waals surface area contributed by atoms with Gasteiger partial charge < -0.3 is 5.11 Å². The first-order valence-electron chi connectivity index (χ1n) is 9.67. The molecule has 0 aliphatic heterocycles. The Balaban J connectivity index is 2.63. The summed E-state index contributed by atoms with van der Waals surface area (Å²) in [7, 11) is 0. The van der Waals surface area contributed by atoms with E-state index in [4.69, 9.17) is 0 Å². The van der Waals surface area contributed by atoms with Crippen molar-refractivity contribution in [2.45, 2.75) is 78.8 Å². The standard InChI is InChI=1S/C19H27F3N4O4S/c1-10(2)25-14(27)13-11(3)12(9-23-26(17(29)30)18(4,5)6)31-15(13)24(16(25)28)8-7-19(20,21)22/h10,23H,7-9H2,1-6H3,(H,29,30). The van der Waals surface area contributed by atoms with Crippen molar-refractivity contribution in [3.63, 3.8) is 0 Å². The number of hydrazine groups is 1. The quantitative estimate of drug-likeness (QED) is 0.633. The molecule has 0 aliphatic carbocycles. The van der Waals surface area contributed by atoms with Crippen LogP contribution in [0.1, 0.15) is 57.5 Å². The fourth-order valence-electron chi connectivity index (χ4n) is 3.21. The molecule has 0 fully saturated rings. The van der Waals surface area contributed by atoms with Gasteiger partial charge in [0, 0.05) is 17.5 Å². The zero-order chi connectivity index (χ0) is 23.9. The van der Waals surface area contributed by atoms with Gasteiger partial charge in [-0.2, -0.15) is 13.2 Å². The minimum atomic E-state index is -4.46. The normalized spacial score (nSPS) is 12.7. The van der Waals surface area contributed by atoms with Crippen molar-refractivity contribution >= 4 is 27.6 Å². The van der Waals surface area contributed by atoms with E-state index in [0.29, 0.717) is 10.4 Å². The molecule has 0 unspecified atom stereocenters. The van der Waals surface area contributed by atoms with E-state index in [2.05, 4.69) is 5.43 Å². The van der Waals surface area contributed by atoms with Crippen molar-refractivity contribution in [2.24, 2.45) is 0 Å². The lowest BCUT2D eigenvalue weighted by Gasteiger charge is -2.33. The van der Waals surface area contributed by atoms with Crippen LogP contribution in [0.15, 0.2) is 9.59 Å². The number of fused-ring (bicyclic) bond motifs is 1. The number of carbonyl (C=O) groups is 1. The molecule has 174 valence electrons. The van der Waals surface area contributed by atoms with E-state index in [1.54, 1.807) is 41.5 Å². The molecule has 31 heavy (non-hydrogen) atoms. The predicted molar refractivity (Wildman–Crippen MR) is 113 cm³/mol. The average molecular weight is 465 g/mol. The van der Waals surface area contributed by atoms with Gasteiger partial charge in [0.1, 0.15) is 4.83 Å². The van der Waals surface area contributed by atoms with E-state index < -0.39 is 48.1 Å². The molecule has 0 saturated heterocycles. The summed E-state index contributed by atoms with van der Waals surface area (Å²) in [5.74, 6) is 0. The molecule has 0 bridgehead atoms. The summed E-state index contributed by atoms with van der Waals surface area (Å²) in [5, 5.41) is 10.6. The number of amides is 1. The van der Waals surface area contributed by atoms with Gasteiger partial charge in [0.2, 0.25) is 0 Å². The predicted octanol–water partition coefficient (Wildman–Crippen LogP) is 3.85. The Morgan fingerprint density at radius 2 is 1.81 bits per heavy atom. The largest absolute Gasteiger partial charge is 0.464 e. The van der Waals surface area contributed by atoms with Crippen LogP contribution in [0, 0.1) is 6.92 Å². The maximum Gasteiger partial charge on any atom is 0.422 e. The Hall–Kier alpha value is -2.34. The third-order valence-corrected chi connectivity index (χ3v) is 6.05. The first-order valence-corrected chi connectivity index (χ1v) is 10.5. The number of alkyl halides is 3. The van der Waals surface area contributed by atoms with E-state index in [0.717, 1.165) is 25.5 Å². The number of nitrogens with one attached hydrogen (secondary N) is 1. The smallest absolute Gasteiger partial charge is 0.422 e. The van der Waals surface area contributed by atoms with Crippen molar-refractivity contribution in [1.29, 1.82) is 0 Å². The number of hydrogen-bond donors (Lipinski definition) is 2. The minimum Gasteiger partial charge on any atom is -0.464 e. The molecule has 2 aromatic heterocycles. The molecule has 12 heteroatoms. The molecular weight excluding hydrogens is 437 g/mol. The number of nitrogens with zero attached hydrogens (tertiary/aromatic N) is 3. The van der Waals surface area contributed by atoms with Gasteiger partial charge in [0.25, 0.3) is 5.56 Å². The maximum absolute atomic E-state index is 13.0. The van der Waals surface area contributed by atoms with Gasteiger partial charge in [-0.1, -0.05) is 0 Å². The van der Waals surface area contributed by atoms with Gasteiger partial charge >= 0.3 is 18.0 Å². The van der Waals surface area contributed by atoms with Crippen LogP contribution >= 0.6 is 11.3 Å². The molecular formula is C19H27F3N4O4S. The molecule has 0 spiro atoms. The van der Waals surface area contributed by atoms with Crippen LogP contribution in [0.2, 0.25) is 0 Å². The van der Waals surface area contributed by atoms with Crippen molar-refractivity contribution < 1.29 is 23.1 Å². The molecule has 2 heterocycles. The van der Waals surface area contributed by atoms with Crippen LogP contribution in [0.5, 0.6) is 0 Å². The third-order valence-electron chi connectivity index (χ3n) is 4.74. The summed E-state index contributed by atoms with van der Waals surface area (Å²) in [6.07, 6.45) is -6.87. The highest BCUT2D eigenvalue weighted by atomic mass is 32.1. The fourth-order valence-corrected chi connectivity index (χ4v) is 4.46. The molecule has 2 rings (SSSR count). The Morgan fingerprint density at radius 1 is 1.23 bits per heavy atom. The van der Waals surface area contributed by atoms with Crippen molar-refractivity contribution in [3.8, 4) is 0 Å². The average Bonchev–Trinajstić information content (AvgIpc) is 2.88. The highest BCUT2D eigenvalue weighted by molar-refractivity contribution is 7.18. The molecule has 0 aliphatic rings. The number of hydrogen-bond acceptors (Lipinski definition) is 5. The molecule has 0 saturated carbocycles. The lowest BCUT2D eigenvalue weighted by atomic mass is 10.1. The molecule has 2 aromatic rings. The number of aryl methyl sites for hydroxylation is 2.